The van der Waals surface area contributed by atoms with Crippen LogP contribution in [0.25, 0.3) is 0 Å². The average molecular weight is 397 g/mol. The van der Waals surface area contributed by atoms with Gasteiger partial charge in [0.25, 0.3) is 0 Å². The first kappa shape index (κ1) is 21.5. The van der Waals surface area contributed by atoms with Crippen LogP contribution in [0.3, 0.4) is 0 Å². The Kier molecular flexibility index (Phi) is 7.25. The van der Waals surface area contributed by atoms with E-state index in [9.17, 15) is 20.1 Å². The fourth-order valence-electron chi connectivity index (χ4n) is 3.20. The van der Waals surface area contributed by atoms with E-state index < -0.39 is 17.2 Å². The minimum Gasteiger partial charge on any atom is -0.349 e. The van der Waals surface area contributed by atoms with E-state index >= 15 is 0 Å². The maximum absolute atomic E-state index is 12.5. The highest BCUT2D eigenvalue weighted by Crippen LogP contribution is 2.41. The molecular weight excluding hydrogens is 372 g/mol. The van der Waals surface area contributed by atoms with E-state index in [1.54, 1.807) is 13.8 Å². The van der Waals surface area contributed by atoms with Crippen molar-refractivity contribution in [1.82, 2.24) is 10.6 Å². The van der Waals surface area contributed by atoms with Crippen molar-refractivity contribution in [2.24, 2.45) is 11.3 Å². The van der Waals surface area contributed by atoms with Crippen LogP contribution < -0.4 is 10.6 Å². The molecule has 1 aliphatic rings. The molecule has 1 heterocycles. The first-order chi connectivity index (χ1) is 13.3. The Morgan fingerprint density at radius 3 is 2.57 bits per heavy atom. The highest BCUT2D eigenvalue weighted by atomic mass is 32.2. The zero-order chi connectivity index (χ0) is 20.7. The summed E-state index contributed by atoms with van der Waals surface area (Å²) in [5.74, 6) is -1.48. The van der Waals surface area contributed by atoms with Crippen LogP contribution >= 0.6 is 11.8 Å². The molecule has 0 saturated heterocycles. The summed E-state index contributed by atoms with van der Waals surface area (Å²) in [6, 6.07) is 13.8. The smallest absolute Gasteiger partial charge is 0.243 e. The van der Waals surface area contributed by atoms with Crippen molar-refractivity contribution in [3.63, 3.8) is 0 Å². The van der Waals surface area contributed by atoms with Crippen LogP contribution in [-0.4, -0.2) is 17.6 Å². The summed E-state index contributed by atoms with van der Waals surface area (Å²) in [5.41, 5.74) is 0.465. The summed E-state index contributed by atoms with van der Waals surface area (Å²) in [4.78, 5) is 24.7. The third-order valence-corrected chi connectivity index (χ3v) is 5.80. The lowest BCUT2D eigenvalue weighted by molar-refractivity contribution is -0.125. The molecule has 146 valence electrons. The number of allylic oxidation sites excluding steroid dienone is 1. The molecule has 7 heteroatoms. The molecule has 0 spiro atoms. The van der Waals surface area contributed by atoms with Crippen LogP contribution in [0.4, 0.5) is 0 Å². The summed E-state index contributed by atoms with van der Waals surface area (Å²) in [5, 5.41) is 24.8. The Balaban J connectivity index is 2.10. The molecule has 0 fully saturated rings. The zero-order valence-electron chi connectivity index (χ0n) is 16.3. The number of thioether (sulfide) groups is 1. The van der Waals surface area contributed by atoms with Gasteiger partial charge < -0.3 is 10.6 Å². The number of benzene rings is 1. The van der Waals surface area contributed by atoms with Gasteiger partial charge in [-0.2, -0.15) is 10.5 Å². The molecule has 2 atom stereocenters. The van der Waals surface area contributed by atoms with Crippen molar-refractivity contribution in [3.8, 4) is 12.1 Å². The number of nitriles is 2. The first-order valence-electron chi connectivity index (χ1n) is 9.17. The quantitative estimate of drug-likeness (QED) is 0.735. The Bertz CT molecular complexity index is 849. The van der Waals surface area contributed by atoms with Crippen LogP contribution in [0.1, 0.15) is 45.2 Å². The molecule has 0 unspecified atom stereocenters. The third-order valence-electron chi connectivity index (χ3n) is 4.80. The minimum absolute atomic E-state index is 0.0706. The maximum atomic E-state index is 12.5. The molecule has 0 aliphatic carbocycles. The second-order valence-corrected chi connectivity index (χ2v) is 8.18. The van der Waals surface area contributed by atoms with Crippen LogP contribution in [0.2, 0.25) is 0 Å². The number of rotatable bonds is 7. The average Bonchev–Trinajstić information content (AvgIpc) is 2.66. The Hall–Kier alpha value is -2.77. The second kappa shape index (κ2) is 9.43. The van der Waals surface area contributed by atoms with Gasteiger partial charge in [0.2, 0.25) is 11.8 Å². The maximum Gasteiger partial charge on any atom is 0.243 e. The topological polar surface area (TPSA) is 106 Å². The predicted octanol–water partition coefficient (Wildman–Crippen LogP) is 3.41. The van der Waals surface area contributed by atoms with Crippen molar-refractivity contribution in [2.45, 2.75) is 39.7 Å². The number of carbonyl (C=O) groups is 2. The molecule has 28 heavy (non-hydrogen) atoms. The van der Waals surface area contributed by atoms with Crippen LogP contribution in [0, 0.1) is 34.0 Å². The predicted molar refractivity (Wildman–Crippen MR) is 108 cm³/mol. The number of hydrogen-bond acceptors (Lipinski definition) is 5. The Morgan fingerprint density at radius 1 is 1.32 bits per heavy atom. The lowest BCUT2D eigenvalue weighted by atomic mass is 9.72. The minimum atomic E-state index is -0.938. The van der Waals surface area contributed by atoms with E-state index in [0.717, 1.165) is 30.2 Å². The standard InChI is InChI=1S/C21H24N4O2S/c1-4-8-17(14-9-6-5-7-10-14)24-18(26)13-28-20-16(12-23)21(2,3)15(11-22)19(27)25-20/h5-7,9-10,15,17H,4,8,13H2,1-3H3,(H,24,26)(H,25,27)/t15-,17+/m1/s1. The van der Waals surface area contributed by atoms with Gasteiger partial charge in [-0.3, -0.25) is 9.59 Å². The molecule has 1 aliphatic heterocycles. The fourth-order valence-corrected chi connectivity index (χ4v) is 4.19. The fraction of sp³-hybridized carbons (Fsp3) is 0.429. The monoisotopic (exact) mass is 396 g/mol. The molecule has 2 amide bonds. The van der Waals surface area contributed by atoms with Gasteiger partial charge in [0, 0.05) is 5.41 Å². The number of hydrogen-bond donors (Lipinski definition) is 2. The molecule has 6 nitrogen and oxygen atoms in total. The summed E-state index contributed by atoms with van der Waals surface area (Å²) in [6.45, 7) is 5.46. The van der Waals surface area contributed by atoms with Gasteiger partial charge in [0.1, 0.15) is 5.92 Å². The van der Waals surface area contributed by atoms with Gasteiger partial charge in [-0.05, 0) is 12.0 Å². The van der Waals surface area contributed by atoms with E-state index in [-0.39, 0.29) is 17.7 Å². The molecule has 0 radical (unpaired) electrons. The zero-order valence-corrected chi connectivity index (χ0v) is 17.1. The van der Waals surface area contributed by atoms with E-state index in [2.05, 4.69) is 23.6 Å². The van der Waals surface area contributed by atoms with Crippen molar-refractivity contribution >= 4 is 23.6 Å². The van der Waals surface area contributed by atoms with Crippen LogP contribution in [0.5, 0.6) is 0 Å². The normalized spacial score (nSPS) is 19.2. The molecule has 0 saturated carbocycles. The van der Waals surface area contributed by atoms with Gasteiger partial charge in [0.15, 0.2) is 0 Å². The molecule has 0 aromatic heterocycles. The van der Waals surface area contributed by atoms with E-state index in [4.69, 9.17) is 0 Å². The number of nitrogens with zero attached hydrogens (tertiary/aromatic N) is 2. The van der Waals surface area contributed by atoms with E-state index in [1.807, 2.05) is 36.4 Å². The summed E-state index contributed by atoms with van der Waals surface area (Å²) in [7, 11) is 0. The number of nitrogens with one attached hydrogen (secondary N) is 2. The van der Waals surface area contributed by atoms with E-state index in [1.165, 1.54) is 0 Å². The molecule has 2 rings (SSSR count). The highest BCUT2D eigenvalue weighted by molar-refractivity contribution is 8.03. The van der Waals surface area contributed by atoms with Gasteiger partial charge in [-0.25, -0.2) is 0 Å². The van der Waals surface area contributed by atoms with Crippen molar-refractivity contribution < 1.29 is 9.59 Å². The van der Waals surface area contributed by atoms with Gasteiger partial charge in [-0.15, -0.1) is 0 Å². The molecule has 2 N–H and O–H groups in total. The molecular formula is C21H24N4O2S. The molecule has 1 aromatic rings. The van der Waals surface area contributed by atoms with Crippen LogP contribution in [0.15, 0.2) is 40.9 Å². The lowest BCUT2D eigenvalue weighted by Gasteiger charge is -2.34. The summed E-state index contributed by atoms with van der Waals surface area (Å²) in [6.07, 6.45) is 1.75. The summed E-state index contributed by atoms with van der Waals surface area (Å²) >= 11 is 1.12. The number of carbonyl (C=O) groups excluding carboxylic acids is 2. The third kappa shape index (κ3) is 4.74. The molecule has 0 bridgehead atoms. The Morgan fingerprint density at radius 2 is 2.00 bits per heavy atom. The Labute approximate surface area is 170 Å². The van der Waals surface area contributed by atoms with Crippen molar-refractivity contribution in [1.29, 1.82) is 10.5 Å². The SMILES string of the molecule is CCC[C@H](NC(=O)CSC1=C(C#N)C(C)(C)[C@H](C#N)C(=O)N1)c1ccccc1. The van der Waals surface area contributed by atoms with Gasteiger partial charge >= 0.3 is 0 Å². The van der Waals surface area contributed by atoms with Crippen molar-refractivity contribution in [2.75, 3.05) is 5.75 Å². The number of amides is 2. The largest absolute Gasteiger partial charge is 0.349 e. The highest BCUT2D eigenvalue weighted by Gasteiger charge is 2.44. The van der Waals surface area contributed by atoms with E-state index in [0.29, 0.717) is 10.6 Å². The first-order valence-corrected chi connectivity index (χ1v) is 10.2. The molecule has 1 aromatic carbocycles. The van der Waals surface area contributed by atoms with Crippen LogP contribution in [-0.2, 0) is 9.59 Å². The van der Waals surface area contributed by atoms with Crippen molar-refractivity contribution in [3.05, 3.63) is 46.5 Å². The van der Waals surface area contributed by atoms with Gasteiger partial charge in [-0.1, -0.05) is 69.3 Å². The second-order valence-electron chi connectivity index (χ2n) is 7.20. The van der Waals surface area contributed by atoms with Gasteiger partial charge in [0.05, 0.1) is 34.5 Å². The lowest BCUT2D eigenvalue weighted by Crippen LogP contribution is -2.44. The summed E-state index contributed by atoms with van der Waals surface area (Å²) < 4.78 is 0.